The van der Waals surface area contributed by atoms with Gasteiger partial charge in [-0.3, -0.25) is 9.59 Å². The summed E-state index contributed by atoms with van der Waals surface area (Å²) in [5.74, 6) is -0.317. The van der Waals surface area contributed by atoms with E-state index in [1.807, 2.05) is 0 Å². The predicted molar refractivity (Wildman–Crippen MR) is 85.4 cm³/mol. The molecule has 2 aromatic rings. The second-order valence-electron chi connectivity index (χ2n) is 6.71. The second kappa shape index (κ2) is 6.03. The topological polar surface area (TPSA) is 118 Å². The van der Waals surface area contributed by atoms with Crippen molar-refractivity contribution in [2.24, 2.45) is 0 Å². The molecule has 2 fully saturated rings. The number of aromatic nitrogens is 1. The molecule has 0 bridgehead atoms. The van der Waals surface area contributed by atoms with Crippen LogP contribution in [0.5, 0.6) is 0 Å². The van der Waals surface area contributed by atoms with Crippen LogP contribution in [-0.4, -0.2) is 39.8 Å². The Morgan fingerprint density at radius 3 is 2.72 bits per heavy atom. The van der Waals surface area contributed by atoms with E-state index in [4.69, 9.17) is 8.94 Å². The first kappa shape index (κ1) is 15.9. The van der Waals surface area contributed by atoms with Gasteiger partial charge in [-0.1, -0.05) is 5.16 Å². The Morgan fingerprint density at radius 1 is 1.24 bits per heavy atom. The van der Waals surface area contributed by atoms with Crippen molar-refractivity contribution >= 4 is 11.8 Å². The molecule has 0 aliphatic heterocycles. The number of hydrogen-bond acceptors (Lipinski definition) is 6. The van der Waals surface area contributed by atoms with Crippen LogP contribution in [0.4, 0.5) is 0 Å². The number of carbonyl (C=O) groups is 2. The van der Waals surface area contributed by atoms with Crippen molar-refractivity contribution in [2.45, 2.75) is 49.8 Å². The van der Waals surface area contributed by atoms with Crippen molar-refractivity contribution < 1.29 is 23.6 Å². The highest BCUT2D eigenvalue weighted by atomic mass is 16.5. The Balaban J connectivity index is 1.35. The molecule has 2 heterocycles. The van der Waals surface area contributed by atoms with E-state index in [0.29, 0.717) is 36.1 Å². The lowest BCUT2D eigenvalue weighted by molar-refractivity contribution is -0.139. The summed E-state index contributed by atoms with van der Waals surface area (Å²) in [6, 6.07) is 1.37. The Bertz CT molecular complexity index is 776. The minimum atomic E-state index is -1.25. The number of nitrogens with zero attached hydrogens (tertiary/aromatic N) is 1. The van der Waals surface area contributed by atoms with Crippen molar-refractivity contribution in [1.29, 1.82) is 0 Å². The number of amides is 2. The molecule has 0 spiro atoms. The molecule has 132 valence electrons. The van der Waals surface area contributed by atoms with Crippen LogP contribution in [0.15, 0.2) is 33.7 Å². The highest BCUT2D eigenvalue weighted by molar-refractivity contribution is 5.99. The second-order valence-corrected chi connectivity index (χ2v) is 6.71. The first-order valence-electron chi connectivity index (χ1n) is 8.38. The van der Waals surface area contributed by atoms with Gasteiger partial charge in [0.25, 0.3) is 11.8 Å². The molecule has 8 nitrogen and oxygen atoms in total. The van der Waals surface area contributed by atoms with E-state index in [-0.39, 0.29) is 23.9 Å². The Kier molecular flexibility index (Phi) is 3.84. The minimum absolute atomic E-state index is 0.154. The van der Waals surface area contributed by atoms with E-state index in [1.165, 1.54) is 18.7 Å². The van der Waals surface area contributed by atoms with Crippen LogP contribution in [0.1, 0.15) is 42.5 Å². The predicted octanol–water partition coefficient (Wildman–Crippen LogP) is 1.23. The van der Waals surface area contributed by atoms with Crippen LogP contribution in [0.2, 0.25) is 0 Å². The molecule has 3 N–H and O–H groups in total. The molecule has 2 aliphatic rings. The van der Waals surface area contributed by atoms with Crippen LogP contribution in [0.25, 0.3) is 11.3 Å². The number of aliphatic hydroxyl groups is 1. The van der Waals surface area contributed by atoms with E-state index < -0.39 is 5.60 Å². The third-order valence-corrected chi connectivity index (χ3v) is 4.88. The smallest absolute Gasteiger partial charge is 0.257 e. The number of carbonyl (C=O) groups excluding carboxylic acids is 2. The standard InChI is InChI=1S/C17H19N3O5/c21-15(11-8-18-25-14(11)10-3-6-24-9-10)19-12-7-13(12)20-16(22)17(23)4-1-2-5-17/h3,6,8-9,12-13,23H,1-2,4-5,7H2,(H,19,21)(H,20,22)/t12-,13-/m1/s1. The third kappa shape index (κ3) is 3.05. The van der Waals surface area contributed by atoms with Crippen molar-refractivity contribution in [3.05, 3.63) is 30.4 Å². The third-order valence-electron chi connectivity index (χ3n) is 4.88. The van der Waals surface area contributed by atoms with Crippen molar-refractivity contribution in [3.8, 4) is 11.3 Å². The summed E-state index contributed by atoms with van der Waals surface area (Å²) >= 11 is 0. The highest BCUT2D eigenvalue weighted by Gasteiger charge is 2.45. The molecule has 0 saturated heterocycles. The van der Waals surface area contributed by atoms with Gasteiger partial charge in [-0.2, -0.15) is 0 Å². The first-order chi connectivity index (χ1) is 12.1. The molecule has 2 aromatic heterocycles. The molecule has 4 rings (SSSR count). The average molecular weight is 345 g/mol. The van der Waals surface area contributed by atoms with Gasteiger partial charge in [-0.05, 0) is 38.2 Å². The number of hydrogen-bond donors (Lipinski definition) is 3. The van der Waals surface area contributed by atoms with Gasteiger partial charge in [0.05, 0.1) is 30.1 Å². The zero-order chi connectivity index (χ0) is 17.4. The molecule has 8 heteroatoms. The van der Waals surface area contributed by atoms with Gasteiger partial charge < -0.3 is 24.7 Å². The van der Waals surface area contributed by atoms with Gasteiger partial charge in [0.2, 0.25) is 0 Å². The quantitative estimate of drug-likeness (QED) is 0.750. The lowest BCUT2D eigenvalue weighted by atomic mass is 10.0. The van der Waals surface area contributed by atoms with Crippen LogP contribution < -0.4 is 10.6 Å². The molecule has 2 saturated carbocycles. The fraction of sp³-hybridized carbons (Fsp3) is 0.471. The summed E-state index contributed by atoms with van der Waals surface area (Å²) < 4.78 is 10.1. The van der Waals surface area contributed by atoms with E-state index >= 15 is 0 Å². The van der Waals surface area contributed by atoms with Crippen LogP contribution in [0.3, 0.4) is 0 Å². The molecule has 2 atom stereocenters. The van der Waals surface area contributed by atoms with Crippen molar-refractivity contribution in [3.63, 3.8) is 0 Å². The maximum Gasteiger partial charge on any atom is 0.257 e. The van der Waals surface area contributed by atoms with E-state index in [2.05, 4.69) is 15.8 Å². The molecular formula is C17H19N3O5. The maximum atomic E-state index is 12.4. The van der Waals surface area contributed by atoms with E-state index in [0.717, 1.165) is 12.8 Å². The Morgan fingerprint density at radius 2 is 2.00 bits per heavy atom. The fourth-order valence-electron chi connectivity index (χ4n) is 3.25. The van der Waals surface area contributed by atoms with Gasteiger partial charge >= 0.3 is 0 Å². The number of nitrogens with one attached hydrogen (secondary N) is 2. The molecule has 2 aliphatic carbocycles. The Labute approximate surface area is 143 Å². The maximum absolute atomic E-state index is 12.4. The van der Waals surface area contributed by atoms with E-state index in [1.54, 1.807) is 6.07 Å². The molecule has 2 amide bonds. The summed E-state index contributed by atoms with van der Waals surface area (Å²) in [5.41, 5.74) is -0.306. The minimum Gasteiger partial charge on any atom is -0.472 e. The van der Waals surface area contributed by atoms with Gasteiger partial charge in [0, 0.05) is 0 Å². The summed E-state index contributed by atoms with van der Waals surface area (Å²) in [7, 11) is 0. The van der Waals surface area contributed by atoms with E-state index in [9.17, 15) is 14.7 Å². The summed E-state index contributed by atoms with van der Waals surface area (Å²) in [6.45, 7) is 0. The summed E-state index contributed by atoms with van der Waals surface area (Å²) in [4.78, 5) is 24.6. The van der Waals surface area contributed by atoms with Gasteiger partial charge in [0.15, 0.2) is 5.76 Å². The lowest BCUT2D eigenvalue weighted by Gasteiger charge is -2.21. The zero-order valence-electron chi connectivity index (χ0n) is 13.5. The normalized spacial score (nSPS) is 24.0. The Hall–Kier alpha value is -2.61. The summed E-state index contributed by atoms with van der Waals surface area (Å²) in [5, 5.41) is 19.6. The number of rotatable bonds is 5. The monoisotopic (exact) mass is 345 g/mol. The van der Waals surface area contributed by atoms with Crippen LogP contribution in [0, 0.1) is 0 Å². The van der Waals surface area contributed by atoms with Crippen molar-refractivity contribution in [2.75, 3.05) is 0 Å². The number of furan rings is 1. The van der Waals surface area contributed by atoms with Gasteiger partial charge in [-0.25, -0.2) is 0 Å². The molecule has 0 unspecified atom stereocenters. The average Bonchev–Trinajstić information content (AvgIpc) is 3.09. The SMILES string of the molecule is O=C(N[C@@H]1C[C@H]1NC(=O)C1(O)CCCC1)c1cnoc1-c1ccoc1. The molecular weight excluding hydrogens is 326 g/mol. The highest BCUT2D eigenvalue weighted by Crippen LogP contribution is 2.31. The summed E-state index contributed by atoms with van der Waals surface area (Å²) in [6.07, 6.45) is 7.67. The molecule has 0 radical (unpaired) electrons. The van der Waals surface area contributed by atoms with Gasteiger partial charge in [0.1, 0.15) is 17.4 Å². The van der Waals surface area contributed by atoms with Crippen LogP contribution >= 0.6 is 0 Å². The zero-order valence-corrected chi connectivity index (χ0v) is 13.5. The van der Waals surface area contributed by atoms with Crippen LogP contribution in [-0.2, 0) is 4.79 Å². The largest absolute Gasteiger partial charge is 0.472 e. The lowest BCUT2D eigenvalue weighted by Crippen LogP contribution is -2.47. The molecule has 25 heavy (non-hydrogen) atoms. The first-order valence-corrected chi connectivity index (χ1v) is 8.38. The molecule has 0 aromatic carbocycles. The fourth-order valence-corrected chi connectivity index (χ4v) is 3.25. The van der Waals surface area contributed by atoms with Crippen molar-refractivity contribution in [1.82, 2.24) is 15.8 Å². The van der Waals surface area contributed by atoms with Gasteiger partial charge in [-0.15, -0.1) is 0 Å².